The molecule has 1 saturated heterocycles. The van der Waals surface area contributed by atoms with E-state index < -0.39 is 0 Å². The largest absolute Gasteiger partial charge is 0.380 e. The minimum Gasteiger partial charge on any atom is -0.380 e. The average molecular weight is 257 g/mol. The Balaban J connectivity index is 1.99. The summed E-state index contributed by atoms with van der Waals surface area (Å²) in [6.07, 6.45) is 0. The summed E-state index contributed by atoms with van der Waals surface area (Å²) >= 11 is 3.38. The highest BCUT2D eigenvalue weighted by atomic mass is 32.2. The number of hydrogen-bond donors (Lipinski definition) is 0. The van der Waals surface area contributed by atoms with Crippen molar-refractivity contribution in [3.63, 3.8) is 0 Å². The number of amides is 1. The van der Waals surface area contributed by atoms with Crippen LogP contribution in [0.4, 0.5) is 0 Å². The van der Waals surface area contributed by atoms with Crippen LogP contribution in [0.2, 0.25) is 0 Å². The number of thioether (sulfide) groups is 1. The number of carbonyl (C=O) groups is 1. The number of nitrogens with zero attached hydrogens (tertiary/aromatic N) is 1. The summed E-state index contributed by atoms with van der Waals surface area (Å²) in [5.74, 6) is 0.813. The first-order chi connectivity index (χ1) is 7.83. The predicted octanol–water partition coefficient (Wildman–Crippen LogP) is 2.36. The van der Waals surface area contributed by atoms with Gasteiger partial charge in [-0.25, -0.2) is 0 Å². The molecule has 3 nitrogen and oxygen atoms in total. The van der Waals surface area contributed by atoms with Gasteiger partial charge in [0.15, 0.2) is 0 Å². The van der Waals surface area contributed by atoms with Gasteiger partial charge in [-0.3, -0.25) is 4.79 Å². The second-order valence-electron chi connectivity index (χ2n) is 3.50. The lowest BCUT2D eigenvalue weighted by molar-refractivity contribution is -0.128. The van der Waals surface area contributed by atoms with E-state index in [-0.39, 0.29) is 11.3 Å². The molecule has 1 atom stereocenters. The van der Waals surface area contributed by atoms with Gasteiger partial charge in [0.2, 0.25) is 5.91 Å². The second kappa shape index (κ2) is 5.70. The van der Waals surface area contributed by atoms with Crippen molar-refractivity contribution in [3.05, 3.63) is 22.4 Å². The molecule has 5 heteroatoms. The van der Waals surface area contributed by atoms with Gasteiger partial charge in [-0.1, -0.05) is 0 Å². The summed E-state index contributed by atoms with van der Waals surface area (Å²) in [6, 6.07) is 2.09. The molecular formula is C11H15NO2S2. The van der Waals surface area contributed by atoms with E-state index in [9.17, 15) is 4.79 Å². The molecule has 1 unspecified atom stereocenters. The molecular weight excluding hydrogens is 242 g/mol. The minimum absolute atomic E-state index is 0.194. The van der Waals surface area contributed by atoms with Crippen LogP contribution in [0.3, 0.4) is 0 Å². The third-order valence-electron chi connectivity index (χ3n) is 2.48. The molecule has 0 radical (unpaired) electrons. The van der Waals surface area contributed by atoms with Crippen molar-refractivity contribution >= 4 is 29.0 Å². The first kappa shape index (κ1) is 12.0. The average Bonchev–Trinajstić information content (AvgIpc) is 2.89. The molecule has 1 aromatic heterocycles. The fraction of sp³-hybridized carbons (Fsp3) is 0.545. The van der Waals surface area contributed by atoms with Gasteiger partial charge >= 0.3 is 0 Å². The van der Waals surface area contributed by atoms with E-state index in [0.717, 1.165) is 0 Å². The lowest BCUT2D eigenvalue weighted by Gasteiger charge is -2.23. The summed E-state index contributed by atoms with van der Waals surface area (Å²) in [4.78, 5) is 13.6. The van der Waals surface area contributed by atoms with Crippen molar-refractivity contribution < 1.29 is 9.53 Å². The molecule has 1 aliphatic rings. The Kier molecular flexibility index (Phi) is 4.26. The third kappa shape index (κ3) is 2.59. The topological polar surface area (TPSA) is 29.5 Å². The molecule has 0 bridgehead atoms. The number of ether oxygens (including phenoxy) is 1. The van der Waals surface area contributed by atoms with Crippen molar-refractivity contribution in [1.82, 2.24) is 4.90 Å². The van der Waals surface area contributed by atoms with Crippen LogP contribution >= 0.6 is 23.1 Å². The monoisotopic (exact) mass is 257 g/mol. The van der Waals surface area contributed by atoms with Crippen LogP contribution in [0.25, 0.3) is 0 Å². The molecule has 88 valence electrons. The van der Waals surface area contributed by atoms with Gasteiger partial charge in [0.1, 0.15) is 5.37 Å². The van der Waals surface area contributed by atoms with Gasteiger partial charge in [0.25, 0.3) is 0 Å². The Labute approximate surface area is 104 Å². The standard InChI is InChI=1S/C11H15NO2S2/c1-2-14-5-4-12-10(13)8-16-11(12)9-3-6-15-7-9/h3,6-7,11H,2,4-5,8H2,1H3. The number of rotatable bonds is 5. The van der Waals surface area contributed by atoms with Gasteiger partial charge < -0.3 is 9.64 Å². The van der Waals surface area contributed by atoms with Crippen molar-refractivity contribution in [2.75, 3.05) is 25.5 Å². The summed E-state index contributed by atoms with van der Waals surface area (Å²) in [5, 5.41) is 4.36. The van der Waals surface area contributed by atoms with Crippen LogP contribution in [0, 0.1) is 0 Å². The van der Waals surface area contributed by atoms with Crippen molar-refractivity contribution in [2.24, 2.45) is 0 Å². The maximum absolute atomic E-state index is 11.7. The smallest absolute Gasteiger partial charge is 0.233 e. The zero-order valence-electron chi connectivity index (χ0n) is 9.22. The molecule has 0 aliphatic carbocycles. The van der Waals surface area contributed by atoms with E-state index in [1.807, 2.05) is 11.8 Å². The molecule has 0 aromatic carbocycles. The highest BCUT2D eigenvalue weighted by Gasteiger charge is 2.32. The van der Waals surface area contributed by atoms with Gasteiger partial charge in [-0.05, 0) is 29.3 Å². The highest BCUT2D eigenvalue weighted by Crippen LogP contribution is 2.38. The lowest BCUT2D eigenvalue weighted by Crippen LogP contribution is -2.31. The summed E-state index contributed by atoms with van der Waals surface area (Å²) in [7, 11) is 0. The minimum atomic E-state index is 0.194. The molecule has 2 rings (SSSR count). The Morgan fingerprint density at radius 3 is 3.19 bits per heavy atom. The molecule has 16 heavy (non-hydrogen) atoms. The zero-order chi connectivity index (χ0) is 11.4. The summed E-state index contributed by atoms with van der Waals surface area (Å²) in [6.45, 7) is 4.00. The number of hydrogen-bond acceptors (Lipinski definition) is 4. The van der Waals surface area contributed by atoms with E-state index in [2.05, 4.69) is 16.8 Å². The van der Waals surface area contributed by atoms with Gasteiger partial charge in [-0.15, -0.1) is 11.8 Å². The Hall–Kier alpha value is -0.520. The fourth-order valence-electron chi connectivity index (χ4n) is 1.69. The van der Waals surface area contributed by atoms with Crippen LogP contribution in [0.15, 0.2) is 16.8 Å². The van der Waals surface area contributed by atoms with Crippen LogP contribution in [0.1, 0.15) is 17.9 Å². The molecule has 1 aromatic rings. The van der Waals surface area contributed by atoms with Crippen LogP contribution < -0.4 is 0 Å². The third-order valence-corrected chi connectivity index (χ3v) is 4.43. The lowest BCUT2D eigenvalue weighted by atomic mass is 10.3. The molecule has 1 amide bonds. The zero-order valence-corrected chi connectivity index (χ0v) is 10.9. The summed E-state index contributed by atoms with van der Waals surface area (Å²) < 4.78 is 5.31. The van der Waals surface area contributed by atoms with Crippen molar-refractivity contribution in [1.29, 1.82) is 0 Å². The molecule has 1 fully saturated rings. The van der Waals surface area contributed by atoms with Crippen molar-refractivity contribution in [3.8, 4) is 0 Å². The first-order valence-electron chi connectivity index (χ1n) is 5.34. The van der Waals surface area contributed by atoms with Crippen LogP contribution in [-0.4, -0.2) is 36.3 Å². The van der Waals surface area contributed by atoms with Crippen LogP contribution in [0.5, 0.6) is 0 Å². The number of carbonyl (C=O) groups excluding carboxylic acids is 1. The van der Waals surface area contributed by atoms with Crippen LogP contribution in [-0.2, 0) is 9.53 Å². The Bertz CT molecular complexity index is 340. The molecule has 0 N–H and O–H groups in total. The van der Waals surface area contributed by atoms with E-state index in [1.54, 1.807) is 23.1 Å². The fourth-order valence-corrected chi connectivity index (χ4v) is 3.67. The SMILES string of the molecule is CCOCCN1C(=O)CSC1c1ccsc1. The Morgan fingerprint density at radius 1 is 1.62 bits per heavy atom. The quantitative estimate of drug-likeness (QED) is 0.758. The predicted molar refractivity (Wildman–Crippen MR) is 67.7 cm³/mol. The highest BCUT2D eigenvalue weighted by molar-refractivity contribution is 8.00. The van der Waals surface area contributed by atoms with E-state index in [0.29, 0.717) is 25.5 Å². The maximum atomic E-state index is 11.7. The summed E-state index contributed by atoms with van der Waals surface area (Å²) in [5.41, 5.74) is 1.23. The van der Waals surface area contributed by atoms with E-state index >= 15 is 0 Å². The molecule has 1 aliphatic heterocycles. The normalized spacial score (nSPS) is 20.7. The first-order valence-corrected chi connectivity index (χ1v) is 7.33. The van der Waals surface area contributed by atoms with Gasteiger partial charge in [-0.2, -0.15) is 11.3 Å². The number of thiophene rings is 1. The van der Waals surface area contributed by atoms with Crippen molar-refractivity contribution in [2.45, 2.75) is 12.3 Å². The molecule has 0 saturated carbocycles. The molecule has 0 spiro atoms. The maximum Gasteiger partial charge on any atom is 0.233 e. The van der Waals surface area contributed by atoms with E-state index in [1.165, 1.54) is 5.56 Å². The van der Waals surface area contributed by atoms with E-state index in [4.69, 9.17) is 4.74 Å². The second-order valence-corrected chi connectivity index (χ2v) is 5.35. The molecule has 2 heterocycles. The van der Waals surface area contributed by atoms with Gasteiger partial charge in [0, 0.05) is 13.2 Å². The van der Waals surface area contributed by atoms with Gasteiger partial charge in [0.05, 0.1) is 12.4 Å². The Morgan fingerprint density at radius 2 is 2.50 bits per heavy atom.